The molecule has 2 atom stereocenters. The van der Waals surface area contributed by atoms with Crippen LogP contribution in [0.5, 0.6) is 0 Å². The summed E-state index contributed by atoms with van der Waals surface area (Å²) in [6.45, 7) is 6.28. The van der Waals surface area contributed by atoms with E-state index in [1.54, 1.807) is 0 Å². The van der Waals surface area contributed by atoms with Crippen LogP contribution in [0.25, 0.3) is 0 Å². The second kappa shape index (κ2) is 6.61. The van der Waals surface area contributed by atoms with E-state index in [9.17, 15) is 4.21 Å². The van der Waals surface area contributed by atoms with Crippen LogP contribution in [-0.2, 0) is 10.8 Å². The first-order valence-corrected chi connectivity index (χ1v) is 6.15. The van der Waals surface area contributed by atoms with Gasteiger partial charge in [-0.15, -0.1) is 0 Å². The molecule has 2 nitrogen and oxygen atoms in total. The van der Waals surface area contributed by atoms with E-state index in [1.165, 1.54) is 0 Å². The van der Waals surface area contributed by atoms with E-state index < -0.39 is 10.8 Å². The highest BCUT2D eigenvalue weighted by Gasteiger charge is 2.08. The van der Waals surface area contributed by atoms with Gasteiger partial charge in [0.15, 0.2) is 0 Å². The van der Waals surface area contributed by atoms with Gasteiger partial charge in [-0.2, -0.15) is 0 Å². The molecule has 3 heteroatoms. The maximum Gasteiger partial charge on any atom is 0.0386 e. The SMILES string of the molecule is CCCC(N)CS(=O)CC(C)C. The predicted molar refractivity (Wildman–Crippen MR) is 55.6 cm³/mol. The lowest BCUT2D eigenvalue weighted by molar-refractivity contribution is 0.629. The summed E-state index contributed by atoms with van der Waals surface area (Å²) in [5.41, 5.74) is 5.77. The molecule has 2 N–H and O–H groups in total. The molecule has 0 heterocycles. The summed E-state index contributed by atoms with van der Waals surface area (Å²) in [5.74, 6) is 1.98. The van der Waals surface area contributed by atoms with Gasteiger partial charge in [0.2, 0.25) is 0 Å². The molecule has 0 saturated heterocycles. The molecular formula is C9H21NOS. The third kappa shape index (κ3) is 6.80. The summed E-state index contributed by atoms with van der Waals surface area (Å²) in [4.78, 5) is 0. The lowest BCUT2D eigenvalue weighted by Crippen LogP contribution is -2.28. The van der Waals surface area contributed by atoms with Gasteiger partial charge in [-0.05, 0) is 12.3 Å². The number of hydrogen-bond donors (Lipinski definition) is 1. The Kier molecular flexibility index (Phi) is 6.67. The highest BCUT2D eigenvalue weighted by molar-refractivity contribution is 7.85. The molecule has 0 aromatic rings. The maximum absolute atomic E-state index is 11.4. The van der Waals surface area contributed by atoms with Crippen molar-refractivity contribution in [1.82, 2.24) is 0 Å². The van der Waals surface area contributed by atoms with Crippen LogP contribution >= 0.6 is 0 Å². The smallest absolute Gasteiger partial charge is 0.0386 e. The molecule has 0 aromatic heterocycles. The van der Waals surface area contributed by atoms with Crippen molar-refractivity contribution < 1.29 is 4.21 Å². The monoisotopic (exact) mass is 191 g/mol. The van der Waals surface area contributed by atoms with Crippen LogP contribution in [0.4, 0.5) is 0 Å². The number of nitrogens with two attached hydrogens (primary N) is 1. The largest absolute Gasteiger partial charge is 0.327 e. The third-order valence-corrected chi connectivity index (χ3v) is 3.42. The Balaban J connectivity index is 3.54. The normalized spacial score (nSPS) is 16.4. The van der Waals surface area contributed by atoms with Gasteiger partial charge in [0.05, 0.1) is 0 Å². The van der Waals surface area contributed by atoms with Crippen LogP contribution in [0, 0.1) is 5.92 Å². The second-order valence-corrected chi connectivity index (χ2v) is 5.26. The van der Waals surface area contributed by atoms with Crippen LogP contribution in [0.1, 0.15) is 33.6 Å². The van der Waals surface area contributed by atoms with Gasteiger partial charge in [-0.25, -0.2) is 0 Å². The molecule has 0 aliphatic rings. The molecule has 0 aliphatic heterocycles. The lowest BCUT2D eigenvalue weighted by Gasteiger charge is -2.10. The molecule has 0 amide bonds. The van der Waals surface area contributed by atoms with Crippen molar-refractivity contribution in [3.63, 3.8) is 0 Å². The molecule has 0 aliphatic carbocycles. The Labute approximate surface area is 78.4 Å². The third-order valence-electron chi connectivity index (χ3n) is 1.58. The summed E-state index contributed by atoms with van der Waals surface area (Å²) >= 11 is 0. The summed E-state index contributed by atoms with van der Waals surface area (Å²) in [6, 6.07) is 0.134. The molecular weight excluding hydrogens is 170 g/mol. The van der Waals surface area contributed by atoms with Gasteiger partial charge in [-0.1, -0.05) is 27.2 Å². The molecule has 0 rings (SSSR count). The molecule has 0 bridgehead atoms. The Morgan fingerprint density at radius 3 is 2.33 bits per heavy atom. The Bertz CT molecular complexity index is 136. The highest BCUT2D eigenvalue weighted by Crippen LogP contribution is 2.00. The zero-order valence-corrected chi connectivity index (χ0v) is 9.19. The standard InChI is InChI=1S/C9H21NOS/c1-4-5-9(10)7-12(11)6-8(2)3/h8-9H,4-7,10H2,1-3H3. The van der Waals surface area contributed by atoms with Crippen molar-refractivity contribution >= 4 is 10.8 Å². The minimum absolute atomic E-state index is 0.134. The fraction of sp³-hybridized carbons (Fsp3) is 1.00. The van der Waals surface area contributed by atoms with Gasteiger partial charge in [-0.3, -0.25) is 4.21 Å². The maximum atomic E-state index is 11.4. The molecule has 2 unspecified atom stereocenters. The van der Waals surface area contributed by atoms with Gasteiger partial charge in [0, 0.05) is 28.3 Å². The molecule has 0 aromatic carbocycles. The van der Waals surface area contributed by atoms with Crippen molar-refractivity contribution in [2.45, 2.75) is 39.7 Å². The summed E-state index contributed by atoms with van der Waals surface area (Å²) in [6.07, 6.45) is 2.07. The average molecular weight is 191 g/mol. The van der Waals surface area contributed by atoms with E-state index >= 15 is 0 Å². The Morgan fingerprint density at radius 2 is 1.92 bits per heavy atom. The summed E-state index contributed by atoms with van der Waals surface area (Å²) in [7, 11) is -0.707. The average Bonchev–Trinajstić information content (AvgIpc) is 1.84. The van der Waals surface area contributed by atoms with Gasteiger partial charge in [0.25, 0.3) is 0 Å². The molecule has 74 valence electrons. The van der Waals surface area contributed by atoms with Crippen molar-refractivity contribution in [3.8, 4) is 0 Å². The van der Waals surface area contributed by atoms with E-state index in [0.29, 0.717) is 11.7 Å². The van der Waals surface area contributed by atoms with E-state index in [1.807, 2.05) is 0 Å². The van der Waals surface area contributed by atoms with Crippen LogP contribution in [0.3, 0.4) is 0 Å². The molecule has 0 radical (unpaired) electrons. The Morgan fingerprint density at radius 1 is 1.33 bits per heavy atom. The van der Waals surface area contributed by atoms with Gasteiger partial charge >= 0.3 is 0 Å². The number of hydrogen-bond acceptors (Lipinski definition) is 2. The fourth-order valence-corrected chi connectivity index (χ4v) is 2.66. The first kappa shape index (κ1) is 12.1. The summed E-state index contributed by atoms with van der Waals surface area (Å²) in [5, 5.41) is 0. The van der Waals surface area contributed by atoms with Crippen molar-refractivity contribution in [2.75, 3.05) is 11.5 Å². The minimum Gasteiger partial charge on any atom is -0.327 e. The van der Waals surface area contributed by atoms with Crippen LogP contribution in [-0.4, -0.2) is 21.8 Å². The molecule has 0 fully saturated rings. The van der Waals surface area contributed by atoms with Gasteiger partial charge < -0.3 is 5.73 Å². The van der Waals surface area contributed by atoms with Crippen molar-refractivity contribution in [2.24, 2.45) is 11.7 Å². The zero-order valence-electron chi connectivity index (χ0n) is 8.38. The van der Waals surface area contributed by atoms with Crippen molar-refractivity contribution in [3.05, 3.63) is 0 Å². The van der Waals surface area contributed by atoms with Crippen LogP contribution in [0.2, 0.25) is 0 Å². The molecule has 12 heavy (non-hydrogen) atoms. The second-order valence-electron chi connectivity index (χ2n) is 3.72. The van der Waals surface area contributed by atoms with Crippen molar-refractivity contribution in [1.29, 1.82) is 0 Å². The highest BCUT2D eigenvalue weighted by atomic mass is 32.2. The van der Waals surface area contributed by atoms with E-state index in [4.69, 9.17) is 5.73 Å². The topological polar surface area (TPSA) is 43.1 Å². The summed E-state index contributed by atoms with van der Waals surface area (Å²) < 4.78 is 11.4. The quantitative estimate of drug-likeness (QED) is 0.691. The van der Waals surface area contributed by atoms with Crippen LogP contribution < -0.4 is 5.73 Å². The Hall–Kier alpha value is 0.110. The minimum atomic E-state index is -0.707. The first-order chi connectivity index (χ1) is 5.56. The molecule has 0 saturated carbocycles. The van der Waals surface area contributed by atoms with Gasteiger partial charge in [0.1, 0.15) is 0 Å². The van der Waals surface area contributed by atoms with E-state index in [0.717, 1.165) is 18.6 Å². The first-order valence-electron chi connectivity index (χ1n) is 4.66. The number of rotatable bonds is 6. The fourth-order valence-electron chi connectivity index (χ4n) is 1.13. The van der Waals surface area contributed by atoms with Crippen LogP contribution in [0.15, 0.2) is 0 Å². The lowest BCUT2D eigenvalue weighted by atomic mass is 10.2. The zero-order chi connectivity index (χ0) is 9.56. The molecule has 0 spiro atoms. The van der Waals surface area contributed by atoms with E-state index in [2.05, 4.69) is 20.8 Å². The van der Waals surface area contributed by atoms with E-state index in [-0.39, 0.29) is 6.04 Å². The predicted octanol–water partition coefficient (Wildman–Crippen LogP) is 1.52.